The first-order valence-electron chi connectivity index (χ1n) is 9.37. The second-order valence-corrected chi connectivity index (χ2v) is 7.79. The molecule has 0 saturated heterocycles. The summed E-state index contributed by atoms with van der Waals surface area (Å²) in [6, 6.07) is 2.08. The van der Waals surface area contributed by atoms with E-state index in [1.807, 2.05) is 0 Å². The summed E-state index contributed by atoms with van der Waals surface area (Å²) in [5, 5.41) is 17.5. The fourth-order valence-corrected chi connectivity index (χ4v) is 4.12. The summed E-state index contributed by atoms with van der Waals surface area (Å²) in [6.07, 6.45) is 2.55. The van der Waals surface area contributed by atoms with Crippen LogP contribution in [0.4, 0.5) is 19.0 Å². The van der Waals surface area contributed by atoms with Crippen molar-refractivity contribution in [1.29, 1.82) is 0 Å². The van der Waals surface area contributed by atoms with Crippen LogP contribution in [0.5, 0.6) is 0 Å². The number of amides is 1. The fourth-order valence-electron chi connectivity index (χ4n) is 4.12. The highest BCUT2D eigenvalue weighted by molar-refractivity contribution is 5.92. The van der Waals surface area contributed by atoms with Gasteiger partial charge in [-0.15, -0.1) is 5.10 Å². The Morgan fingerprint density at radius 3 is 2.59 bits per heavy atom. The van der Waals surface area contributed by atoms with Gasteiger partial charge in [0.15, 0.2) is 5.82 Å². The molecule has 2 fully saturated rings. The molecule has 0 spiro atoms. The van der Waals surface area contributed by atoms with E-state index < -0.39 is 17.3 Å². The molecule has 4 rings (SSSR count). The molecule has 2 N–H and O–H groups in total. The van der Waals surface area contributed by atoms with Crippen LogP contribution in [-0.2, 0) is 11.0 Å². The summed E-state index contributed by atoms with van der Waals surface area (Å²) in [4.78, 5) is 12.5. The van der Waals surface area contributed by atoms with E-state index in [2.05, 4.69) is 10.4 Å². The van der Waals surface area contributed by atoms with E-state index >= 15 is 0 Å². The van der Waals surface area contributed by atoms with Crippen molar-refractivity contribution in [2.75, 3.05) is 5.32 Å². The molecule has 5 nitrogen and oxygen atoms in total. The number of anilines is 1. The zero-order chi connectivity index (χ0) is 19.2. The van der Waals surface area contributed by atoms with Crippen molar-refractivity contribution in [2.24, 2.45) is 0 Å². The van der Waals surface area contributed by atoms with Crippen LogP contribution in [0, 0.1) is 0 Å². The van der Waals surface area contributed by atoms with Crippen molar-refractivity contribution < 1.29 is 23.1 Å². The first-order valence-corrected chi connectivity index (χ1v) is 9.37. The molecular weight excluding hydrogens is 359 g/mol. The van der Waals surface area contributed by atoms with Crippen molar-refractivity contribution in [3.63, 3.8) is 0 Å². The molecule has 1 amide bonds. The topological polar surface area (TPSA) is 66.6 Å². The van der Waals surface area contributed by atoms with Gasteiger partial charge < -0.3 is 10.4 Å². The number of nitrogens with zero attached hydrogens (tertiary/aromatic N) is 2. The van der Waals surface area contributed by atoms with Gasteiger partial charge in [-0.3, -0.25) is 4.79 Å². The third-order valence-electron chi connectivity index (χ3n) is 5.80. The van der Waals surface area contributed by atoms with Crippen molar-refractivity contribution >= 4 is 17.2 Å². The molecule has 2 saturated carbocycles. The van der Waals surface area contributed by atoms with Crippen LogP contribution in [0.1, 0.15) is 68.4 Å². The van der Waals surface area contributed by atoms with Gasteiger partial charge in [-0.25, -0.2) is 4.52 Å². The monoisotopic (exact) mass is 381 g/mol. The molecule has 2 aliphatic rings. The maximum Gasteiger partial charge on any atom is 0.416 e. The number of carbonyl (C=O) groups is 1. The van der Waals surface area contributed by atoms with Gasteiger partial charge in [0.25, 0.3) is 0 Å². The minimum absolute atomic E-state index is 0.0151. The third-order valence-corrected chi connectivity index (χ3v) is 5.80. The normalized spacial score (nSPS) is 20.0. The van der Waals surface area contributed by atoms with Gasteiger partial charge >= 0.3 is 6.18 Å². The molecule has 2 heterocycles. The van der Waals surface area contributed by atoms with E-state index in [0.717, 1.165) is 44.2 Å². The van der Waals surface area contributed by atoms with E-state index in [1.54, 1.807) is 0 Å². The summed E-state index contributed by atoms with van der Waals surface area (Å²) in [5.74, 6) is 0.0564. The Bertz CT molecular complexity index is 865. The quantitative estimate of drug-likeness (QED) is 0.832. The number of carbonyl (C=O) groups excluding carboxylic acids is 1. The molecule has 0 radical (unpaired) electrons. The Labute approximate surface area is 154 Å². The predicted octanol–water partition coefficient (Wildman–Crippen LogP) is 4.25. The molecule has 2 aromatic heterocycles. The van der Waals surface area contributed by atoms with Crippen molar-refractivity contribution in [3.05, 3.63) is 29.5 Å². The largest absolute Gasteiger partial charge is 0.416 e. The van der Waals surface area contributed by atoms with Crippen LogP contribution in [0.3, 0.4) is 0 Å². The molecule has 0 aliphatic heterocycles. The molecule has 2 aliphatic carbocycles. The zero-order valence-electron chi connectivity index (χ0n) is 14.9. The first kappa shape index (κ1) is 18.3. The molecule has 8 heteroatoms. The number of hydrogen-bond acceptors (Lipinski definition) is 3. The Kier molecular flexibility index (Phi) is 4.41. The fraction of sp³-hybridized carbons (Fsp3) is 0.579. The highest BCUT2D eigenvalue weighted by Crippen LogP contribution is 2.43. The number of aliphatic hydroxyl groups is 1. The SMILES string of the molecule is O=C(CC1(O)CCCC1)Nc1nn2ccc(C(F)(F)F)cc2c1C1CCC1. The van der Waals surface area contributed by atoms with Gasteiger partial charge in [-0.1, -0.05) is 19.3 Å². The van der Waals surface area contributed by atoms with E-state index in [1.165, 1.54) is 10.7 Å². The lowest BCUT2D eigenvalue weighted by molar-refractivity contribution is -0.137. The Balaban J connectivity index is 1.66. The summed E-state index contributed by atoms with van der Waals surface area (Å²) in [6.45, 7) is 0. The van der Waals surface area contributed by atoms with Crippen LogP contribution in [-0.4, -0.2) is 26.2 Å². The second kappa shape index (κ2) is 6.51. The van der Waals surface area contributed by atoms with Crippen LogP contribution in [0.15, 0.2) is 18.3 Å². The summed E-state index contributed by atoms with van der Waals surface area (Å²) >= 11 is 0. The number of nitrogens with one attached hydrogen (secondary N) is 1. The lowest BCUT2D eigenvalue weighted by Crippen LogP contribution is -2.31. The lowest BCUT2D eigenvalue weighted by Gasteiger charge is -2.26. The second-order valence-electron chi connectivity index (χ2n) is 7.79. The van der Waals surface area contributed by atoms with E-state index in [0.29, 0.717) is 29.7 Å². The van der Waals surface area contributed by atoms with Crippen LogP contribution < -0.4 is 5.32 Å². The molecule has 27 heavy (non-hydrogen) atoms. The van der Waals surface area contributed by atoms with Gasteiger partial charge in [0.05, 0.1) is 23.1 Å². The predicted molar refractivity (Wildman–Crippen MR) is 93.5 cm³/mol. The van der Waals surface area contributed by atoms with Gasteiger partial charge in [0, 0.05) is 11.8 Å². The van der Waals surface area contributed by atoms with Crippen LogP contribution in [0.2, 0.25) is 0 Å². The number of alkyl halides is 3. The molecule has 0 unspecified atom stereocenters. The third kappa shape index (κ3) is 3.54. The summed E-state index contributed by atoms with van der Waals surface area (Å²) in [5.41, 5.74) is -0.666. The molecule has 0 aromatic carbocycles. The zero-order valence-corrected chi connectivity index (χ0v) is 14.9. The minimum atomic E-state index is -4.43. The molecule has 2 aromatic rings. The van der Waals surface area contributed by atoms with Gasteiger partial charge in [0.1, 0.15) is 0 Å². The molecular formula is C19H22F3N3O2. The first-order chi connectivity index (χ1) is 12.8. The van der Waals surface area contributed by atoms with E-state index in [-0.39, 0.29) is 18.2 Å². The summed E-state index contributed by atoms with van der Waals surface area (Å²) in [7, 11) is 0. The standard InChI is InChI=1S/C19H22F3N3O2/c20-19(21,22)13-6-9-25-14(10-13)16(12-4-3-5-12)17(24-25)23-15(26)11-18(27)7-1-2-8-18/h6,9-10,12,27H,1-5,7-8,11H2,(H,23,24,26). The molecule has 0 atom stereocenters. The smallest absolute Gasteiger partial charge is 0.389 e. The number of hydrogen-bond donors (Lipinski definition) is 2. The number of fused-ring (bicyclic) bond motifs is 1. The maximum atomic E-state index is 13.1. The maximum absolute atomic E-state index is 13.1. The minimum Gasteiger partial charge on any atom is -0.389 e. The van der Waals surface area contributed by atoms with E-state index in [4.69, 9.17) is 0 Å². The molecule has 146 valence electrons. The average molecular weight is 381 g/mol. The van der Waals surface area contributed by atoms with Gasteiger partial charge in [0.2, 0.25) is 5.91 Å². The van der Waals surface area contributed by atoms with Crippen molar-refractivity contribution in [1.82, 2.24) is 9.61 Å². The van der Waals surface area contributed by atoms with Crippen LogP contribution >= 0.6 is 0 Å². The number of pyridine rings is 1. The van der Waals surface area contributed by atoms with Crippen LogP contribution in [0.25, 0.3) is 5.52 Å². The average Bonchev–Trinajstić information content (AvgIpc) is 3.09. The Morgan fingerprint density at radius 1 is 1.30 bits per heavy atom. The van der Waals surface area contributed by atoms with Gasteiger partial charge in [-0.05, 0) is 43.7 Å². The number of halogens is 3. The Hall–Kier alpha value is -2.09. The highest BCUT2D eigenvalue weighted by Gasteiger charge is 2.35. The number of rotatable bonds is 4. The Morgan fingerprint density at radius 2 is 2.00 bits per heavy atom. The lowest BCUT2D eigenvalue weighted by atomic mass is 9.80. The van der Waals surface area contributed by atoms with Crippen molar-refractivity contribution in [2.45, 2.75) is 69.1 Å². The number of aromatic nitrogens is 2. The van der Waals surface area contributed by atoms with Crippen molar-refractivity contribution in [3.8, 4) is 0 Å². The van der Waals surface area contributed by atoms with E-state index in [9.17, 15) is 23.1 Å². The van der Waals surface area contributed by atoms with Gasteiger partial charge in [-0.2, -0.15) is 13.2 Å². The highest BCUT2D eigenvalue weighted by atomic mass is 19.4. The summed E-state index contributed by atoms with van der Waals surface area (Å²) < 4.78 is 40.7. The molecule has 0 bridgehead atoms.